The highest BCUT2D eigenvalue weighted by Crippen LogP contribution is 2.24. The van der Waals surface area contributed by atoms with E-state index in [1.54, 1.807) is 43.3 Å². The SMILES string of the molecule is CCOC(=O)C(C(=Nc1cccc(N2CCOCC2)c1)c1ccccc1)[N+](=O)[O-]. The van der Waals surface area contributed by atoms with Crippen molar-refractivity contribution in [3.05, 3.63) is 70.3 Å². The van der Waals surface area contributed by atoms with Crippen molar-refractivity contribution in [2.45, 2.75) is 13.0 Å². The van der Waals surface area contributed by atoms with Crippen LogP contribution >= 0.6 is 0 Å². The summed E-state index contributed by atoms with van der Waals surface area (Å²) in [6.45, 7) is 4.49. The van der Waals surface area contributed by atoms with Gasteiger partial charge in [-0.25, -0.2) is 9.79 Å². The Bertz CT molecular complexity index is 879. The normalized spacial score (nSPS) is 15.6. The Morgan fingerprint density at radius 1 is 1.21 bits per heavy atom. The van der Waals surface area contributed by atoms with Gasteiger partial charge in [0.1, 0.15) is 5.71 Å². The minimum Gasteiger partial charge on any atom is -0.461 e. The molecule has 0 aliphatic carbocycles. The molecular formula is C21H23N3O5. The smallest absolute Gasteiger partial charge is 0.388 e. The number of anilines is 1. The molecule has 29 heavy (non-hydrogen) atoms. The molecule has 1 unspecified atom stereocenters. The van der Waals surface area contributed by atoms with E-state index in [-0.39, 0.29) is 12.3 Å². The minimum atomic E-state index is -1.70. The second kappa shape index (κ2) is 9.79. The van der Waals surface area contributed by atoms with Crippen LogP contribution in [0.25, 0.3) is 0 Å². The summed E-state index contributed by atoms with van der Waals surface area (Å²) < 4.78 is 10.3. The fraction of sp³-hybridized carbons (Fsp3) is 0.333. The van der Waals surface area contributed by atoms with Crippen LogP contribution in [0.4, 0.5) is 11.4 Å². The third-order valence-corrected chi connectivity index (χ3v) is 4.50. The number of carbonyl (C=O) groups excluding carboxylic acids is 1. The van der Waals surface area contributed by atoms with Crippen molar-refractivity contribution in [3.8, 4) is 0 Å². The zero-order valence-corrected chi connectivity index (χ0v) is 16.2. The molecule has 1 saturated heterocycles. The molecule has 152 valence electrons. The molecule has 1 aliphatic heterocycles. The standard InChI is InChI=1S/C21H23N3O5/c1-2-29-21(25)20(24(26)27)19(16-7-4-3-5-8-16)22-17-9-6-10-18(15-17)23-11-13-28-14-12-23/h3-10,15,20H,2,11-14H2,1H3. The number of hydrogen-bond acceptors (Lipinski definition) is 7. The number of esters is 1. The summed E-state index contributed by atoms with van der Waals surface area (Å²) in [5.41, 5.74) is 2.03. The largest absolute Gasteiger partial charge is 0.461 e. The number of aliphatic imine (C=N–C) groups is 1. The topological polar surface area (TPSA) is 94.3 Å². The molecule has 0 spiro atoms. The molecule has 0 saturated carbocycles. The van der Waals surface area contributed by atoms with Crippen LogP contribution in [0.5, 0.6) is 0 Å². The first kappa shape index (κ1) is 20.5. The van der Waals surface area contributed by atoms with Gasteiger partial charge in [-0.15, -0.1) is 0 Å². The third kappa shape index (κ3) is 5.17. The monoisotopic (exact) mass is 397 g/mol. The van der Waals surface area contributed by atoms with Gasteiger partial charge in [-0.1, -0.05) is 36.4 Å². The maximum atomic E-state index is 12.3. The van der Waals surface area contributed by atoms with Crippen molar-refractivity contribution >= 4 is 23.1 Å². The molecular weight excluding hydrogens is 374 g/mol. The Morgan fingerprint density at radius 3 is 2.59 bits per heavy atom. The van der Waals surface area contributed by atoms with Crippen LogP contribution in [-0.4, -0.2) is 55.6 Å². The summed E-state index contributed by atoms with van der Waals surface area (Å²) in [6.07, 6.45) is 0. The molecule has 0 N–H and O–H groups in total. The maximum absolute atomic E-state index is 12.3. The molecule has 8 heteroatoms. The molecule has 2 aromatic carbocycles. The molecule has 0 radical (unpaired) electrons. The Hall–Kier alpha value is -3.26. The van der Waals surface area contributed by atoms with E-state index in [0.717, 1.165) is 18.8 Å². The summed E-state index contributed by atoms with van der Waals surface area (Å²) in [4.78, 5) is 30.1. The summed E-state index contributed by atoms with van der Waals surface area (Å²) in [5, 5.41) is 11.7. The van der Waals surface area contributed by atoms with Crippen molar-refractivity contribution < 1.29 is 19.2 Å². The van der Waals surface area contributed by atoms with Crippen molar-refractivity contribution in [1.82, 2.24) is 0 Å². The van der Waals surface area contributed by atoms with Crippen LogP contribution in [0.2, 0.25) is 0 Å². The van der Waals surface area contributed by atoms with Crippen LogP contribution in [-0.2, 0) is 14.3 Å². The van der Waals surface area contributed by atoms with Gasteiger partial charge in [0.25, 0.3) is 0 Å². The van der Waals surface area contributed by atoms with Gasteiger partial charge in [-0.2, -0.15) is 0 Å². The van der Waals surface area contributed by atoms with Crippen molar-refractivity contribution in [1.29, 1.82) is 0 Å². The summed E-state index contributed by atoms with van der Waals surface area (Å²) >= 11 is 0. The predicted octanol–water partition coefficient (Wildman–Crippen LogP) is 2.85. The van der Waals surface area contributed by atoms with E-state index in [1.807, 2.05) is 18.2 Å². The molecule has 1 heterocycles. The molecule has 8 nitrogen and oxygen atoms in total. The number of carbonyl (C=O) groups is 1. The first-order valence-electron chi connectivity index (χ1n) is 9.47. The highest BCUT2D eigenvalue weighted by Gasteiger charge is 2.38. The van der Waals surface area contributed by atoms with Gasteiger partial charge < -0.3 is 14.4 Å². The van der Waals surface area contributed by atoms with E-state index >= 15 is 0 Å². The number of morpholine rings is 1. The fourth-order valence-corrected chi connectivity index (χ4v) is 3.13. The lowest BCUT2D eigenvalue weighted by atomic mass is 10.0. The Labute approximate surface area is 168 Å². The lowest BCUT2D eigenvalue weighted by molar-refractivity contribution is -0.491. The highest BCUT2D eigenvalue weighted by molar-refractivity contribution is 6.15. The fourth-order valence-electron chi connectivity index (χ4n) is 3.13. The summed E-state index contributed by atoms with van der Waals surface area (Å²) in [7, 11) is 0. The van der Waals surface area contributed by atoms with Gasteiger partial charge in [0.2, 0.25) is 0 Å². The Balaban J connectivity index is 2.03. The molecule has 0 aromatic heterocycles. The molecule has 3 rings (SSSR count). The average molecular weight is 397 g/mol. The van der Waals surface area contributed by atoms with Crippen molar-refractivity contribution in [3.63, 3.8) is 0 Å². The molecule has 0 bridgehead atoms. The predicted molar refractivity (Wildman–Crippen MR) is 110 cm³/mol. The van der Waals surface area contributed by atoms with E-state index in [0.29, 0.717) is 24.5 Å². The number of ether oxygens (including phenoxy) is 2. The van der Waals surface area contributed by atoms with Gasteiger partial charge in [-0.05, 0) is 25.1 Å². The van der Waals surface area contributed by atoms with Gasteiger partial charge >= 0.3 is 12.0 Å². The summed E-state index contributed by atoms with van der Waals surface area (Å²) in [6, 6.07) is 14.4. The second-order valence-electron chi connectivity index (χ2n) is 6.42. The lowest BCUT2D eigenvalue weighted by Gasteiger charge is -2.29. The Kier molecular flexibility index (Phi) is 6.91. The third-order valence-electron chi connectivity index (χ3n) is 4.50. The molecule has 0 amide bonds. The number of hydrogen-bond donors (Lipinski definition) is 0. The van der Waals surface area contributed by atoms with Crippen LogP contribution in [0.3, 0.4) is 0 Å². The molecule has 2 aromatic rings. The zero-order chi connectivity index (χ0) is 20.6. The van der Waals surface area contributed by atoms with Crippen molar-refractivity contribution in [2.24, 2.45) is 4.99 Å². The second-order valence-corrected chi connectivity index (χ2v) is 6.42. The van der Waals surface area contributed by atoms with E-state index in [4.69, 9.17) is 9.47 Å². The molecule has 1 fully saturated rings. The minimum absolute atomic E-state index is 0.0492. The number of benzene rings is 2. The van der Waals surface area contributed by atoms with Crippen LogP contribution in [0.1, 0.15) is 12.5 Å². The van der Waals surface area contributed by atoms with Gasteiger partial charge in [0.05, 0.1) is 25.5 Å². The van der Waals surface area contributed by atoms with E-state index in [1.165, 1.54) is 0 Å². The van der Waals surface area contributed by atoms with E-state index < -0.39 is 16.9 Å². The number of rotatable bonds is 7. The van der Waals surface area contributed by atoms with Gasteiger partial charge in [0, 0.05) is 29.3 Å². The number of nitrogens with zero attached hydrogens (tertiary/aromatic N) is 3. The van der Waals surface area contributed by atoms with E-state index in [2.05, 4.69) is 9.89 Å². The first-order chi connectivity index (χ1) is 14.1. The maximum Gasteiger partial charge on any atom is 0.388 e. The van der Waals surface area contributed by atoms with Crippen LogP contribution in [0.15, 0.2) is 59.6 Å². The molecule has 1 atom stereocenters. The highest BCUT2D eigenvalue weighted by atomic mass is 16.6. The first-order valence-corrected chi connectivity index (χ1v) is 9.47. The molecule has 1 aliphatic rings. The Morgan fingerprint density at radius 2 is 1.93 bits per heavy atom. The van der Waals surface area contributed by atoms with Gasteiger partial charge in [0.15, 0.2) is 0 Å². The lowest BCUT2D eigenvalue weighted by Crippen LogP contribution is -2.39. The van der Waals surface area contributed by atoms with Crippen molar-refractivity contribution in [2.75, 3.05) is 37.8 Å². The quantitative estimate of drug-likeness (QED) is 0.309. The average Bonchev–Trinajstić information content (AvgIpc) is 2.75. The number of nitro groups is 1. The van der Waals surface area contributed by atoms with Crippen LogP contribution < -0.4 is 4.90 Å². The summed E-state index contributed by atoms with van der Waals surface area (Å²) in [5.74, 6) is -0.926. The zero-order valence-electron chi connectivity index (χ0n) is 16.2. The van der Waals surface area contributed by atoms with Crippen LogP contribution in [0, 0.1) is 10.1 Å². The van der Waals surface area contributed by atoms with Gasteiger partial charge in [-0.3, -0.25) is 10.1 Å². The van der Waals surface area contributed by atoms with E-state index in [9.17, 15) is 14.9 Å².